The molecule has 2 N–H and O–H groups in total. The fourth-order valence-corrected chi connectivity index (χ4v) is 3.79. The van der Waals surface area contributed by atoms with Gasteiger partial charge in [-0.05, 0) is 50.4 Å². The molecule has 1 aliphatic heterocycles. The molecule has 1 heterocycles. The molecule has 5 heteroatoms. The van der Waals surface area contributed by atoms with E-state index >= 15 is 0 Å². The number of amides is 1. The van der Waals surface area contributed by atoms with E-state index in [1.54, 1.807) is 0 Å². The molecule has 0 aliphatic carbocycles. The quantitative estimate of drug-likeness (QED) is 0.842. The molecule has 0 spiro atoms. The van der Waals surface area contributed by atoms with Crippen LogP contribution in [-0.2, 0) is 0 Å². The van der Waals surface area contributed by atoms with Gasteiger partial charge in [0.2, 0.25) is 0 Å². The first kappa shape index (κ1) is 15.0. The number of halogens is 2. The zero-order valence-electron chi connectivity index (χ0n) is 10.9. The predicted molar refractivity (Wildman–Crippen MR) is 84.1 cm³/mol. The second kappa shape index (κ2) is 6.37. The summed E-state index contributed by atoms with van der Waals surface area (Å²) in [5.41, 5.74) is 6.46. The average molecular weight is 390 g/mol. The Hall–Kier alpha value is -0.390. The molecule has 1 amide bonds. The molecular formula is C14H18Br2N2O. The third-order valence-corrected chi connectivity index (χ3v) is 4.60. The van der Waals surface area contributed by atoms with E-state index in [-0.39, 0.29) is 11.9 Å². The molecule has 1 saturated heterocycles. The van der Waals surface area contributed by atoms with Gasteiger partial charge in [0.1, 0.15) is 0 Å². The first-order chi connectivity index (χ1) is 9.01. The van der Waals surface area contributed by atoms with Gasteiger partial charge in [-0.1, -0.05) is 31.9 Å². The highest BCUT2D eigenvalue weighted by Gasteiger charge is 2.29. The van der Waals surface area contributed by atoms with E-state index < -0.39 is 0 Å². The van der Waals surface area contributed by atoms with Crippen LogP contribution in [0.1, 0.15) is 30.1 Å². The highest BCUT2D eigenvalue weighted by Crippen LogP contribution is 2.26. The van der Waals surface area contributed by atoms with E-state index in [4.69, 9.17) is 5.73 Å². The van der Waals surface area contributed by atoms with Gasteiger partial charge in [-0.25, -0.2) is 0 Å². The smallest absolute Gasteiger partial charge is 0.254 e. The molecule has 1 aromatic carbocycles. The molecule has 0 bridgehead atoms. The van der Waals surface area contributed by atoms with Crippen LogP contribution in [0.4, 0.5) is 0 Å². The monoisotopic (exact) mass is 388 g/mol. The lowest BCUT2D eigenvalue weighted by Crippen LogP contribution is -2.47. The van der Waals surface area contributed by atoms with Crippen LogP contribution in [-0.4, -0.2) is 29.9 Å². The Balaban J connectivity index is 2.21. The number of likely N-dealkylation sites (tertiary alicyclic amines) is 1. The number of hydrogen-bond donors (Lipinski definition) is 1. The summed E-state index contributed by atoms with van der Waals surface area (Å²) in [6, 6.07) is 5.95. The van der Waals surface area contributed by atoms with E-state index in [1.165, 1.54) is 0 Å². The minimum atomic E-state index is 0.0904. The number of nitrogens with two attached hydrogens (primary N) is 1. The molecular weight excluding hydrogens is 372 g/mol. The van der Waals surface area contributed by atoms with Crippen molar-refractivity contribution in [1.82, 2.24) is 4.90 Å². The molecule has 1 aromatic rings. The average Bonchev–Trinajstić information content (AvgIpc) is 2.37. The van der Waals surface area contributed by atoms with Crippen LogP contribution < -0.4 is 5.73 Å². The van der Waals surface area contributed by atoms with Gasteiger partial charge in [0.15, 0.2) is 0 Å². The number of hydrogen-bond acceptors (Lipinski definition) is 2. The Labute approximate surface area is 130 Å². The number of rotatable bonds is 2. The van der Waals surface area contributed by atoms with Crippen molar-refractivity contribution in [2.75, 3.05) is 13.1 Å². The Morgan fingerprint density at radius 3 is 2.53 bits per heavy atom. The topological polar surface area (TPSA) is 46.3 Å². The predicted octanol–water partition coefficient (Wildman–Crippen LogP) is 3.41. The second-order valence-electron chi connectivity index (χ2n) is 5.14. The largest absolute Gasteiger partial charge is 0.336 e. The highest BCUT2D eigenvalue weighted by molar-refractivity contribution is 9.11. The summed E-state index contributed by atoms with van der Waals surface area (Å²) in [4.78, 5) is 14.6. The lowest BCUT2D eigenvalue weighted by molar-refractivity contribution is 0.0567. The van der Waals surface area contributed by atoms with Crippen LogP contribution >= 0.6 is 31.9 Å². The molecule has 0 saturated carbocycles. The van der Waals surface area contributed by atoms with Crippen molar-refractivity contribution in [3.63, 3.8) is 0 Å². The normalized spacial score (nSPS) is 23.5. The number of benzene rings is 1. The van der Waals surface area contributed by atoms with E-state index in [0.29, 0.717) is 18.0 Å². The van der Waals surface area contributed by atoms with E-state index in [0.717, 1.165) is 28.3 Å². The summed E-state index contributed by atoms with van der Waals surface area (Å²) in [5, 5.41) is 0. The van der Waals surface area contributed by atoms with Gasteiger partial charge < -0.3 is 10.6 Å². The van der Waals surface area contributed by atoms with Crippen LogP contribution in [0.2, 0.25) is 0 Å². The fourth-order valence-electron chi connectivity index (χ4n) is 2.50. The maximum atomic E-state index is 12.6. The summed E-state index contributed by atoms with van der Waals surface area (Å²) in [6.07, 6.45) is 2.15. The molecule has 2 rings (SSSR count). The van der Waals surface area contributed by atoms with Crippen molar-refractivity contribution in [3.8, 4) is 0 Å². The van der Waals surface area contributed by atoms with E-state index in [9.17, 15) is 4.79 Å². The molecule has 3 nitrogen and oxygen atoms in total. The van der Waals surface area contributed by atoms with Crippen LogP contribution in [0.5, 0.6) is 0 Å². The van der Waals surface area contributed by atoms with Crippen molar-refractivity contribution in [2.45, 2.75) is 25.8 Å². The third-order valence-electron chi connectivity index (χ3n) is 3.68. The van der Waals surface area contributed by atoms with Crippen molar-refractivity contribution >= 4 is 37.8 Å². The molecule has 19 heavy (non-hydrogen) atoms. The number of nitrogens with zero attached hydrogens (tertiary/aromatic N) is 1. The van der Waals surface area contributed by atoms with Gasteiger partial charge in [0.05, 0.1) is 0 Å². The minimum absolute atomic E-state index is 0.0904. The van der Waals surface area contributed by atoms with Crippen LogP contribution in [0.15, 0.2) is 27.1 Å². The second-order valence-corrected chi connectivity index (χ2v) is 6.98. The number of carbonyl (C=O) groups is 1. The number of carbonyl (C=O) groups excluding carboxylic acids is 1. The molecule has 0 aromatic heterocycles. The van der Waals surface area contributed by atoms with Gasteiger partial charge in [-0.3, -0.25) is 4.79 Å². The van der Waals surface area contributed by atoms with Crippen molar-refractivity contribution in [3.05, 3.63) is 32.7 Å². The standard InChI is InChI=1S/C14H18Br2N2O/c1-9-2-3-10(7-17)8-18(9)14(19)11-4-12(15)6-13(16)5-11/h4-6,9-10H,2-3,7-8,17H2,1H3. The fraction of sp³-hybridized carbons (Fsp3) is 0.500. The summed E-state index contributed by atoms with van der Waals surface area (Å²) < 4.78 is 1.82. The van der Waals surface area contributed by atoms with Crippen molar-refractivity contribution in [1.29, 1.82) is 0 Å². The third kappa shape index (κ3) is 3.58. The highest BCUT2D eigenvalue weighted by atomic mass is 79.9. The van der Waals surface area contributed by atoms with Crippen LogP contribution in [0.25, 0.3) is 0 Å². The molecule has 104 valence electrons. The van der Waals surface area contributed by atoms with E-state index in [2.05, 4.69) is 38.8 Å². The minimum Gasteiger partial charge on any atom is -0.336 e. The molecule has 1 aliphatic rings. The lowest BCUT2D eigenvalue weighted by atomic mass is 9.93. The SMILES string of the molecule is CC1CCC(CN)CN1C(=O)c1cc(Br)cc(Br)c1. The molecule has 2 atom stereocenters. The summed E-state index contributed by atoms with van der Waals surface area (Å²) in [7, 11) is 0. The van der Waals surface area contributed by atoms with Gasteiger partial charge in [-0.2, -0.15) is 0 Å². The van der Waals surface area contributed by atoms with Gasteiger partial charge >= 0.3 is 0 Å². The zero-order valence-corrected chi connectivity index (χ0v) is 14.1. The molecule has 0 radical (unpaired) electrons. The maximum Gasteiger partial charge on any atom is 0.254 e. The van der Waals surface area contributed by atoms with Crippen LogP contribution in [0.3, 0.4) is 0 Å². The Morgan fingerprint density at radius 1 is 1.32 bits per heavy atom. The maximum absolute atomic E-state index is 12.6. The summed E-state index contributed by atoms with van der Waals surface area (Å²) >= 11 is 6.85. The first-order valence-corrected chi connectivity index (χ1v) is 8.07. The van der Waals surface area contributed by atoms with Crippen molar-refractivity contribution in [2.24, 2.45) is 11.7 Å². The summed E-state index contributed by atoms with van der Waals surface area (Å²) in [6.45, 7) is 3.52. The first-order valence-electron chi connectivity index (χ1n) is 6.48. The Kier molecular flexibility index (Phi) is 5.03. The Morgan fingerprint density at radius 2 is 1.95 bits per heavy atom. The lowest BCUT2D eigenvalue weighted by Gasteiger charge is -2.37. The Bertz CT molecular complexity index is 458. The summed E-state index contributed by atoms with van der Waals surface area (Å²) in [5.74, 6) is 0.517. The number of piperidine rings is 1. The van der Waals surface area contributed by atoms with Gasteiger partial charge in [0.25, 0.3) is 5.91 Å². The van der Waals surface area contributed by atoms with Gasteiger partial charge in [0, 0.05) is 27.1 Å². The van der Waals surface area contributed by atoms with Gasteiger partial charge in [-0.15, -0.1) is 0 Å². The van der Waals surface area contributed by atoms with E-state index in [1.807, 2.05) is 23.1 Å². The molecule has 1 fully saturated rings. The van der Waals surface area contributed by atoms with Crippen LogP contribution in [0, 0.1) is 5.92 Å². The molecule has 2 unspecified atom stereocenters. The zero-order chi connectivity index (χ0) is 14.0. The van der Waals surface area contributed by atoms with Crippen molar-refractivity contribution < 1.29 is 4.79 Å².